The minimum atomic E-state index is 0.0705. The van der Waals surface area contributed by atoms with E-state index in [-0.39, 0.29) is 5.95 Å². The van der Waals surface area contributed by atoms with Gasteiger partial charge in [-0.1, -0.05) is 6.07 Å². The highest BCUT2D eigenvalue weighted by Crippen LogP contribution is 2.25. The summed E-state index contributed by atoms with van der Waals surface area (Å²) in [4.78, 5) is 6.42. The molecule has 0 amide bonds. The molecule has 24 heavy (non-hydrogen) atoms. The van der Waals surface area contributed by atoms with Gasteiger partial charge in [0, 0.05) is 17.1 Å². The number of hydrogen-bond donors (Lipinski definition) is 0. The van der Waals surface area contributed by atoms with E-state index >= 15 is 0 Å². The molecular formula is C17H17N5O2. The molecule has 2 aromatic heterocycles. The lowest BCUT2D eigenvalue weighted by molar-refractivity contribution is -0.673. The van der Waals surface area contributed by atoms with Crippen LogP contribution in [0.4, 0.5) is 5.95 Å². The monoisotopic (exact) mass is 323 g/mol. The van der Waals surface area contributed by atoms with E-state index in [0.29, 0.717) is 22.4 Å². The number of anilines is 1. The first-order valence-corrected chi connectivity index (χ1v) is 7.93. The SMILES string of the molecule is CN(Cc1ccccn1)c1n[n+]([O-])c2cc3c(cc2[n+]1[O-])CCC3. The first-order valence-electron chi connectivity index (χ1n) is 7.93. The zero-order valence-electron chi connectivity index (χ0n) is 13.3. The zero-order chi connectivity index (χ0) is 16.7. The van der Waals surface area contributed by atoms with Gasteiger partial charge < -0.3 is 10.4 Å². The predicted octanol–water partition coefficient (Wildman–Crippen LogP) is 1.02. The lowest BCUT2D eigenvalue weighted by Crippen LogP contribution is -2.46. The summed E-state index contributed by atoms with van der Waals surface area (Å²) >= 11 is 0. The van der Waals surface area contributed by atoms with Crippen LogP contribution < -0.4 is 14.5 Å². The molecule has 0 atom stereocenters. The van der Waals surface area contributed by atoms with Crippen molar-refractivity contribution in [2.24, 2.45) is 0 Å². The molecule has 0 unspecified atom stereocenters. The smallest absolute Gasteiger partial charge is 0.463 e. The second kappa shape index (κ2) is 5.59. The van der Waals surface area contributed by atoms with E-state index in [0.717, 1.165) is 40.8 Å². The molecule has 122 valence electrons. The van der Waals surface area contributed by atoms with Gasteiger partial charge in [0.05, 0.1) is 12.7 Å². The maximum atomic E-state index is 12.8. The maximum Gasteiger partial charge on any atom is 0.463 e. The fourth-order valence-electron chi connectivity index (χ4n) is 3.23. The van der Waals surface area contributed by atoms with Gasteiger partial charge in [0.25, 0.3) is 5.52 Å². The fraction of sp³-hybridized carbons (Fsp3) is 0.294. The Labute approximate surface area is 139 Å². The van der Waals surface area contributed by atoms with Crippen molar-refractivity contribution in [2.75, 3.05) is 11.9 Å². The average Bonchev–Trinajstić information content (AvgIpc) is 3.05. The van der Waals surface area contributed by atoms with Crippen LogP contribution in [-0.4, -0.2) is 17.1 Å². The third-order valence-electron chi connectivity index (χ3n) is 4.44. The second-order valence-corrected chi connectivity index (χ2v) is 6.11. The highest BCUT2D eigenvalue weighted by atomic mass is 16.5. The number of nitrogens with zero attached hydrogens (tertiary/aromatic N) is 5. The molecule has 0 saturated carbocycles. The Kier molecular flexibility index (Phi) is 3.41. The molecule has 1 aliphatic rings. The Morgan fingerprint density at radius 2 is 1.88 bits per heavy atom. The van der Waals surface area contributed by atoms with Crippen molar-refractivity contribution >= 4 is 17.0 Å². The van der Waals surface area contributed by atoms with Crippen LogP contribution in [0.25, 0.3) is 11.0 Å². The van der Waals surface area contributed by atoms with Crippen LogP contribution in [0.3, 0.4) is 0 Å². The minimum Gasteiger partial charge on any atom is -0.739 e. The summed E-state index contributed by atoms with van der Waals surface area (Å²) in [6, 6.07) is 9.21. The van der Waals surface area contributed by atoms with E-state index in [1.54, 1.807) is 24.2 Å². The van der Waals surface area contributed by atoms with Gasteiger partial charge in [0.1, 0.15) is 6.54 Å². The summed E-state index contributed by atoms with van der Waals surface area (Å²) in [7, 11) is 1.73. The standard InChI is InChI=1S/C17H17N5O2/c1-20(11-14-7-2-3-8-18-14)17-19-22(24)16-10-13-6-4-5-12(13)9-15(16)21(17)23/h2-3,7-10H,4-6,11H2,1H3. The summed E-state index contributed by atoms with van der Waals surface area (Å²) in [5.41, 5.74) is 3.78. The van der Waals surface area contributed by atoms with Gasteiger partial charge in [0.15, 0.2) is 5.52 Å². The number of rotatable bonds is 3. The molecule has 0 fully saturated rings. The summed E-state index contributed by atoms with van der Waals surface area (Å²) < 4.78 is 0.741. The molecule has 2 heterocycles. The van der Waals surface area contributed by atoms with Crippen molar-refractivity contribution in [1.82, 2.24) is 10.1 Å². The normalized spacial score (nSPS) is 13.2. The molecular weight excluding hydrogens is 306 g/mol. The van der Waals surface area contributed by atoms with Gasteiger partial charge in [-0.25, -0.2) is 4.73 Å². The third kappa shape index (κ3) is 2.38. The molecule has 0 radical (unpaired) electrons. The Morgan fingerprint density at radius 3 is 2.58 bits per heavy atom. The van der Waals surface area contributed by atoms with Gasteiger partial charge in [-0.05, 0) is 48.6 Å². The summed E-state index contributed by atoms with van der Waals surface area (Å²) in [6.07, 6.45) is 4.65. The maximum absolute atomic E-state index is 12.8. The molecule has 7 nitrogen and oxygen atoms in total. The number of hydrogen-bond acceptors (Lipinski definition) is 5. The Balaban J connectivity index is 1.78. The first-order chi connectivity index (χ1) is 11.6. The highest BCUT2D eigenvalue weighted by molar-refractivity contribution is 5.71. The van der Waals surface area contributed by atoms with Gasteiger partial charge in [-0.2, -0.15) is 0 Å². The molecule has 3 aromatic rings. The minimum absolute atomic E-state index is 0.0705. The molecule has 0 spiro atoms. The van der Waals surface area contributed by atoms with Gasteiger partial charge in [-0.15, -0.1) is 0 Å². The van der Waals surface area contributed by atoms with Crippen molar-refractivity contribution in [3.63, 3.8) is 0 Å². The fourth-order valence-corrected chi connectivity index (χ4v) is 3.23. The summed E-state index contributed by atoms with van der Waals surface area (Å²) in [5.74, 6) is 0.0705. The predicted molar refractivity (Wildman–Crippen MR) is 88.0 cm³/mol. The van der Waals surface area contributed by atoms with Crippen LogP contribution in [0.1, 0.15) is 23.2 Å². The quantitative estimate of drug-likeness (QED) is 0.531. The molecule has 0 N–H and O–H groups in total. The van der Waals surface area contributed by atoms with Crippen LogP contribution >= 0.6 is 0 Å². The van der Waals surface area contributed by atoms with Gasteiger partial charge in [-0.3, -0.25) is 9.88 Å². The second-order valence-electron chi connectivity index (χ2n) is 6.11. The van der Waals surface area contributed by atoms with Crippen molar-refractivity contribution in [1.29, 1.82) is 0 Å². The number of fused-ring (bicyclic) bond motifs is 2. The van der Waals surface area contributed by atoms with Crippen molar-refractivity contribution < 1.29 is 9.58 Å². The van der Waals surface area contributed by atoms with Crippen LogP contribution in [0.15, 0.2) is 36.5 Å². The van der Waals surface area contributed by atoms with Crippen LogP contribution in [-0.2, 0) is 19.4 Å². The molecule has 1 aliphatic carbocycles. The van der Waals surface area contributed by atoms with Crippen molar-refractivity contribution in [3.05, 3.63) is 63.8 Å². The molecule has 4 rings (SSSR count). The van der Waals surface area contributed by atoms with Crippen molar-refractivity contribution in [2.45, 2.75) is 25.8 Å². The summed E-state index contributed by atoms with van der Waals surface area (Å²) in [5, 5.41) is 29.0. The summed E-state index contributed by atoms with van der Waals surface area (Å²) in [6.45, 7) is 0.395. The lowest BCUT2D eigenvalue weighted by atomic mass is 10.1. The van der Waals surface area contributed by atoms with Gasteiger partial charge >= 0.3 is 5.95 Å². The van der Waals surface area contributed by atoms with E-state index in [1.807, 2.05) is 24.3 Å². The van der Waals surface area contributed by atoms with Crippen LogP contribution in [0.5, 0.6) is 0 Å². The van der Waals surface area contributed by atoms with E-state index in [4.69, 9.17) is 0 Å². The first kappa shape index (κ1) is 14.6. The number of benzene rings is 1. The van der Waals surface area contributed by atoms with Crippen molar-refractivity contribution in [3.8, 4) is 0 Å². The topological polar surface area (TPSA) is 82.9 Å². The zero-order valence-corrected chi connectivity index (χ0v) is 13.3. The number of aromatic nitrogens is 4. The Bertz CT molecular complexity index is 914. The van der Waals surface area contributed by atoms with E-state index < -0.39 is 0 Å². The molecule has 0 saturated heterocycles. The largest absolute Gasteiger partial charge is 0.739 e. The Hall–Kier alpha value is -2.96. The number of aryl methyl sites for hydroxylation is 2. The average molecular weight is 323 g/mol. The van der Waals surface area contributed by atoms with E-state index in [9.17, 15) is 10.4 Å². The lowest BCUT2D eigenvalue weighted by Gasteiger charge is -2.16. The number of pyridine rings is 1. The molecule has 0 bridgehead atoms. The van der Waals surface area contributed by atoms with Gasteiger partial charge in [0.2, 0.25) is 5.10 Å². The van der Waals surface area contributed by atoms with E-state index in [1.165, 1.54) is 0 Å². The molecule has 0 aliphatic heterocycles. The molecule has 7 heteroatoms. The third-order valence-corrected chi connectivity index (χ3v) is 4.44. The van der Waals surface area contributed by atoms with Crippen LogP contribution in [0.2, 0.25) is 0 Å². The van der Waals surface area contributed by atoms with E-state index in [2.05, 4.69) is 10.1 Å². The highest BCUT2D eigenvalue weighted by Gasteiger charge is 2.26. The Morgan fingerprint density at radius 1 is 1.12 bits per heavy atom. The molecule has 1 aromatic carbocycles. The van der Waals surface area contributed by atoms with Crippen LogP contribution in [0, 0.1) is 10.4 Å².